The van der Waals surface area contributed by atoms with Crippen LogP contribution in [-0.2, 0) is 0 Å². The van der Waals surface area contributed by atoms with E-state index in [9.17, 15) is 9.59 Å². The van der Waals surface area contributed by atoms with Gasteiger partial charge in [0.05, 0.1) is 12.2 Å². The molecule has 0 radical (unpaired) electrons. The number of aromatic nitrogens is 1. The maximum absolute atomic E-state index is 10.8. The van der Waals surface area contributed by atoms with Gasteiger partial charge in [0.1, 0.15) is 11.4 Å². The fourth-order valence-electron chi connectivity index (χ4n) is 2.58. The Bertz CT molecular complexity index is 950. The minimum Gasteiger partial charge on any atom is -0.494 e. The van der Waals surface area contributed by atoms with E-state index in [-0.39, 0.29) is 5.69 Å². The van der Waals surface area contributed by atoms with Crippen LogP contribution in [0.3, 0.4) is 0 Å². The first kappa shape index (κ1) is 20.8. The first-order valence-corrected chi connectivity index (χ1v) is 9.05. The Balaban J connectivity index is 0.000000237. The molecule has 0 aliphatic rings. The van der Waals surface area contributed by atoms with Gasteiger partial charge in [-0.1, -0.05) is 31.9 Å². The number of para-hydroxylation sites is 1. The predicted molar refractivity (Wildman–Crippen MR) is 110 cm³/mol. The summed E-state index contributed by atoms with van der Waals surface area (Å²) in [6.07, 6.45) is 3.37. The molecule has 0 saturated carbocycles. The van der Waals surface area contributed by atoms with E-state index in [2.05, 4.69) is 11.9 Å². The number of aromatic amines is 1. The van der Waals surface area contributed by atoms with Crippen molar-refractivity contribution in [3.05, 3.63) is 59.8 Å². The van der Waals surface area contributed by atoms with Gasteiger partial charge in [0.15, 0.2) is 0 Å². The Morgan fingerprint density at radius 3 is 2.46 bits per heavy atom. The third-order valence-electron chi connectivity index (χ3n) is 4.07. The second kappa shape index (κ2) is 10.0. The first-order valence-electron chi connectivity index (χ1n) is 9.05. The second-order valence-electron chi connectivity index (χ2n) is 6.24. The molecule has 1 heterocycles. The minimum atomic E-state index is -0.948. The van der Waals surface area contributed by atoms with Crippen LogP contribution < -0.4 is 16.2 Å². The van der Waals surface area contributed by atoms with E-state index in [0.717, 1.165) is 29.5 Å². The predicted octanol–water partition coefficient (Wildman–Crippen LogP) is 3.80. The summed E-state index contributed by atoms with van der Waals surface area (Å²) in [5.74, 6) is -0.649. The molecule has 0 saturated heterocycles. The number of unbranched alkanes of at least 4 members (excludes halogenated alkanes) is 2. The highest BCUT2D eigenvalue weighted by atomic mass is 16.5. The molecule has 3 rings (SSSR count). The number of ether oxygens (including phenoxy) is 1. The number of carboxylic acid groups (broad SMARTS) is 1. The summed E-state index contributed by atoms with van der Waals surface area (Å²) in [5, 5.41) is 9.75. The van der Waals surface area contributed by atoms with Crippen LogP contribution in [0.1, 0.15) is 47.0 Å². The molecule has 3 aromatic rings. The van der Waals surface area contributed by atoms with Gasteiger partial charge >= 0.3 is 5.97 Å². The standard InChI is InChI=1S/C14H17NO3.C7H8N2O/c1-2-3-4-7-18-11-5-6-12-10(8-11)9-13(15-12)14(16)17;8-6-4-2-1-3-5(6)7(9)10/h5-6,8-9,15H,2-4,7H2,1H3,(H,16,17);1-4H,8H2,(H2,9,10). The second-order valence-corrected chi connectivity index (χ2v) is 6.24. The Hall–Kier alpha value is -3.48. The molecule has 0 unspecified atom stereocenters. The molecular weight excluding hydrogens is 358 g/mol. The highest BCUT2D eigenvalue weighted by Crippen LogP contribution is 2.22. The van der Waals surface area contributed by atoms with Crippen molar-refractivity contribution in [2.45, 2.75) is 26.2 Å². The molecule has 0 atom stereocenters. The Labute approximate surface area is 163 Å². The number of carboxylic acids is 1. The monoisotopic (exact) mass is 383 g/mol. The van der Waals surface area contributed by atoms with Crippen molar-refractivity contribution in [3.63, 3.8) is 0 Å². The molecule has 0 aliphatic heterocycles. The van der Waals surface area contributed by atoms with Gasteiger partial charge in [-0.05, 0) is 42.8 Å². The Morgan fingerprint density at radius 2 is 1.86 bits per heavy atom. The zero-order valence-electron chi connectivity index (χ0n) is 15.8. The fraction of sp³-hybridized carbons (Fsp3) is 0.238. The van der Waals surface area contributed by atoms with Gasteiger partial charge in [0.2, 0.25) is 0 Å². The molecule has 0 aliphatic carbocycles. The topological polar surface area (TPSA) is 131 Å². The summed E-state index contributed by atoms with van der Waals surface area (Å²) in [6, 6.07) is 13.9. The van der Waals surface area contributed by atoms with E-state index >= 15 is 0 Å². The molecule has 28 heavy (non-hydrogen) atoms. The van der Waals surface area contributed by atoms with Crippen LogP contribution in [0.25, 0.3) is 10.9 Å². The van der Waals surface area contributed by atoms with Crippen LogP contribution in [0, 0.1) is 0 Å². The number of carbonyl (C=O) groups is 2. The number of carbonyl (C=O) groups excluding carboxylic acids is 1. The van der Waals surface area contributed by atoms with Crippen LogP contribution >= 0.6 is 0 Å². The van der Waals surface area contributed by atoms with Crippen LogP contribution in [0.5, 0.6) is 5.75 Å². The number of rotatable bonds is 7. The van der Waals surface area contributed by atoms with Crippen molar-refractivity contribution in [2.75, 3.05) is 12.3 Å². The number of primary amides is 1. The van der Waals surface area contributed by atoms with E-state index < -0.39 is 11.9 Å². The molecule has 0 bridgehead atoms. The van der Waals surface area contributed by atoms with E-state index in [4.69, 9.17) is 21.3 Å². The summed E-state index contributed by atoms with van der Waals surface area (Å²) in [6.45, 7) is 2.86. The van der Waals surface area contributed by atoms with Crippen molar-refractivity contribution >= 4 is 28.5 Å². The first-order chi connectivity index (χ1) is 13.4. The Kier molecular flexibility index (Phi) is 7.45. The van der Waals surface area contributed by atoms with Crippen LogP contribution in [0.4, 0.5) is 5.69 Å². The summed E-state index contributed by atoms with van der Waals surface area (Å²) >= 11 is 0. The van der Waals surface area contributed by atoms with Gasteiger partial charge in [0, 0.05) is 16.6 Å². The van der Waals surface area contributed by atoms with Gasteiger partial charge in [-0.15, -0.1) is 0 Å². The number of hydrogen-bond acceptors (Lipinski definition) is 4. The molecule has 148 valence electrons. The fourth-order valence-corrected chi connectivity index (χ4v) is 2.58. The van der Waals surface area contributed by atoms with Crippen LogP contribution in [0.2, 0.25) is 0 Å². The molecule has 0 spiro atoms. The maximum atomic E-state index is 10.8. The van der Waals surface area contributed by atoms with Crippen LogP contribution in [-0.4, -0.2) is 28.6 Å². The number of aromatic carboxylic acids is 1. The van der Waals surface area contributed by atoms with Crippen molar-refractivity contribution in [2.24, 2.45) is 5.73 Å². The van der Waals surface area contributed by atoms with Crippen molar-refractivity contribution in [1.29, 1.82) is 0 Å². The lowest BCUT2D eigenvalue weighted by molar-refractivity contribution is 0.0691. The lowest BCUT2D eigenvalue weighted by Gasteiger charge is -2.05. The molecular formula is C21H25N3O4. The Morgan fingerprint density at radius 1 is 1.11 bits per heavy atom. The highest BCUT2D eigenvalue weighted by molar-refractivity contribution is 5.97. The smallest absolute Gasteiger partial charge is 0.352 e. The number of fused-ring (bicyclic) bond motifs is 1. The van der Waals surface area contributed by atoms with Crippen molar-refractivity contribution in [1.82, 2.24) is 4.98 Å². The van der Waals surface area contributed by atoms with Gasteiger partial charge in [-0.3, -0.25) is 4.79 Å². The van der Waals surface area contributed by atoms with Gasteiger partial charge in [0.25, 0.3) is 5.91 Å². The SMILES string of the molecule is CCCCCOc1ccc2[nH]c(C(=O)O)cc2c1.NC(=O)c1ccccc1N. The average molecular weight is 383 g/mol. The van der Waals surface area contributed by atoms with Crippen LogP contribution in [0.15, 0.2) is 48.5 Å². The molecule has 7 heteroatoms. The van der Waals surface area contributed by atoms with E-state index in [1.807, 2.05) is 18.2 Å². The van der Waals surface area contributed by atoms with E-state index in [0.29, 0.717) is 17.9 Å². The maximum Gasteiger partial charge on any atom is 0.352 e. The summed E-state index contributed by atoms with van der Waals surface area (Å²) in [7, 11) is 0. The molecule has 7 nitrogen and oxygen atoms in total. The number of hydrogen-bond donors (Lipinski definition) is 4. The zero-order valence-corrected chi connectivity index (χ0v) is 15.8. The van der Waals surface area contributed by atoms with Crippen molar-refractivity contribution < 1.29 is 19.4 Å². The average Bonchev–Trinajstić information content (AvgIpc) is 3.10. The molecule has 1 amide bonds. The molecule has 2 aromatic carbocycles. The highest BCUT2D eigenvalue weighted by Gasteiger charge is 2.07. The third kappa shape index (κ3) is 5.77. The van der Waals surface area contributed by atoms with Gasteiger partial charge in [-0.2, -0.15) is 0 Å². The largest absolute Gasteiger partial charge is 0.494 e. The molecule has 1 aromatic heterocycles. The van der Waals surface area contributed by atoms with E-state index in [1.165, 1.54) is 6.42 Å². The van der Waals surface area contributed by atoms with E-state index in [1.54, 1.807) is 30.3 Å². The van der Waals surface area contributed by atoms with Crippen molar-refractivity contribution in [3.8, 4) is 5.75 Å². The van der Waals surface area contributed by atoms with Gasteiger partial charge in [-0.25, -0.2) is 4.79 Å². The normalized spacial score (nSPS) is 10.2. The molecule has 6 N–H and O–H groups in total. The number of H-pyrrole nitrogens is 1. The number of nitrogens with two attached hydrogens (primary N) is 2. The number of nitrogens with one attached hydrogen (secondary N) is 1. The minimum absolute atomic E-state index is 0.202. The lowest BCUT2D eigenvalue weighted by atomic mass is 10.2. The zero-order chi connectivity index (χ0) is 20.5. The number of anilines is 1. The third-order valence-corrected chi connectivity index (χ3v) is 4.07. The summed E-state index contributed by atoms with van der Waals surface area (Å²) in [4.78, 5) is 24.2. The number of benzene rings is 2. The lowest BCUT2D eigenvalue weighted by Crippen LogP contribution is -2.12. The summed E-state index contributed by atoms with van der Waals surface area (Å²) in [5.41, 5.74) is 12.2. The number of amides is 1. The number of nitrogen functional groups attached to an aromatic ring is 1. The quantitative estimate of drug-likeness (QED) is 0.364. The van der Waals surface area contributed by atoms with Gasteiger partial charge < -0.3 is 26.3 Å². The molecule has 0 fully saturated rings. The summed E-state index contributed by atoms with van der Waals surface area (Å²) < 4.78 is 5.62.